The molecule has 0 saturated carbocycles. The van der Waals surface area contributed by atoms with Gasteiger partial charge in [-0.2, -0.15) is 5.26 Å². The third kappa shape index (κ3) is 2.99. The molecular weight excluding hydrogens is 204 g/mol. The van der Waals surface area contributed by atoms with Crippen LogP contribution in [-0.4, -0.2) is 22.9 Å². The van der Waals surface area contributed by atoms with Gasteiger partial charge in [0.25, 0.3) is 0 Å². The molecule has 0 radical (unpaired) electrons. The van der Waals surface area contributed by atoms with Gasteiger partial charge < -0.3 is 4.74 Å². The number of hydrogen-bond acceptors (Lipinski definition) is 6. The molecule has 6 nitrogen and oxygen atoms in total. The van der Waals surface area contributed by atoms with Crippen molar-refractivity contribution in [2.75, 3.05) is 11.9 Å². The van der Waals surface area contributed by atoms with Gasteiger partial charge in [-0.25, -0.2) is 4.79 Å². The summed E-state index contributed by atoms with van der Waals surface area (Å²) in [6.45, 7) is 2.01. The van der Waals surface area contributed by atoms with Crippen LogP contribution in [0.25, 0.3) is 0 Å². The highest BCUT2D eigenvalue weighted by Crippen LogP contribution is 2.15. The van der Waals surface area contributed by atoms with Gasteiger partial charge in [0.15, 0.2) is 0 Å². The molecule has 1 aromatic rings. The van der Waals surface area contributed by atoms with Crippen LogP contribution in [0.15, 0.2) is 0 Å². The van der Waals surface area contributed by atoms with E-state index in [-0.39, 0.29) is 6.42 Å². The molecule has 7 heteroatoms. The van der Waals surface area contributed by atoms with Crippen LogP contribution in [0.1, 0.15) is 11.9 Å². The minimum Gasteiger partial charge on any atom is -0.450 e. The van der Waals surface area contributed by atoms with Gasteiger partial charge >= 0.3 is 6.09 Å². The van der Waals surface area contributed by atoms with E-state index in [1.54, 1.807) is 6.92 Å². The number of nitrogens with zero attached hydrogens (tertiary/aromatic N) is 3. The second-order valence-electron chi connectivity index (χ2n) is 2.18. The molecule has 1 N–H and O–H groups in total. The lowest BCUT2D eigenvalue weighted by Crippen LogP contribution is -2.12. The van der Waals surface area contributed by atoms with Crippen LogP contribution >= 0.6 is 11.3 Å². The molecule has 0 spiro atoms. The zero-order chi connectivity index (χ0) is 10.4. The first-order valence-corrected chi connectivity index (χ1v) is 4.71. The number of nitrogens with one attached hydrogen (secondary N) is 1. The topological polar surface area (TPSA) is 87.9 Å². The number of nitriles is 1. The monoisotopic (exact) mass is 212 g/mol. The summed E-state index contributed by atoms with van der Waals surface area (Å²) in [4.78, 5) is 10.9. The zero-order valence-electron chi connectivity index (χ0n) is 7.48. The van der Waals surface area contributed by atoms with E-state index in [4.69, 9.17) is 5.26 Å². The summed E-state index contributed by atoms with van der Waals surface area (Å²) in [5.74, 6) is 0. The smallest absolute Gasteiger partial charge is 0.413 e. The van der Waals surface area contributed by atoms with Crippen LogP contribution in [0.5, 0.6) is 0 Å². The Hall–Kier alpha value is -1.68. The van der Waals surface area contributed by atoms with Crippen molar-refractivity contribution in [1.29, 1.82) is 5.26 Å². The molecule has 0 aromatic carbocycles. The third-order valence-electron chi connectivity index (χ3n) is 1.18. The van der Waals surface area contributed by atoms with Gasteiger partial charge in [-0.3, -0.25) is 5.32 Å². The normalized spacial score (nSPS) is 9.14. The van der Waals surface area contributed by atoms with Crippen LogP contribution in [0, 0.1) is 11.3 Å². The summed E-state index contributed by atoms with van der Waals surface area (Å²) in [6.07, 6.45) is -0.366. The van der Waals surface area contributed by atoms with Crippen molar-refractivity contribution in [3.8, 4) is 6.07 Å². The van der Waals surface area contributed by atoms with Crippen LogP contribution < -0.4 is 5.32 Å². The first-order valence-electron chi connectivity index (χ1n) is 3.89. The molecule has 0 fully saturated rings. The Kier molecular flexibility index (Phi) is 3.82. The van der Waals surface area contributed by atoms with E-state index in [1.165, 1.54) is 0 Å². The second kappa shape index (κ2) is 5.14. The average Bonchev–Trinajstić information content (AvgIpc) is 2.53. The van der Waals surface area contributed by atoms with Crippen molar-refractivity contribution >= 4 is 22.6 Å². The maximum absolute atomic E-state index is 10.9. The fraction of sp³-hybridized carbons (Fsp3) is 0.429. The number of hydrogen-bond donors (Lipinski definition) is 1. The van der Waals surface area contributed by atoms with Crippen LogP contribution in [0.4, 0.5) is 9.93 Å². The van der Waals surface area contributed by atoms with Gasteiger partial charge in [-0.1, -0.05) is 11.3 Å². The van der Waals surface area contributed by atoms with Crippen molar-refractivity contribution in [2.45, 2.75) is 13.3 Å². The van der Waals surface area contributed by atoms with Crippen LogP contribution in [-0.2, 0) is 11.2 Å². The van der Waals surface area contributed by atoms with Crippen molar-refractivity contribution in [1.82, 2.24) is 10.2 Å². The van der Waals surface area contributed by atoms with E-state index in [0.29, 0.717) is 16.7 Å². The first kappa shape index (κ1) is 10.4. The molecule has 1 amide bonds. The Labute approximate surface area is 84.5 Å². The van der Waals surface area contributed by atoms with Crippen molar-refractivity contribution in [3.05, 3.63) is 5.01 Å². The predicted molar refractivity (Wildman–Crippen MR) is 49.9 cm³/mol. The molecule has 74 valence electrons. The number of carbonyl (C=O) groups excluding carboxylic acids is 1. The summed E-state index contributed by atoms with van der Waals surface area (Å²) in [6, 6.07) is 1.94. The van der Waals surface area contributed by atoms with Crippen molar-refractivity contribution < 1.29 is 9.53 Å². The highest BCUT2D eigenvalue weighted by atomic mass is 32.1. The maximum Gasteiger partial charge on any atom is 0.413 e. The number of aromatic nitrogens is 2. The van der Waals surface area contributed by atoms with Gasteiger partial charge in [0.2, 0.25) is 5.13 Å². The molecular formula is C7H8N4O2S. The van der Waals surface area contributed by atoms with E-state index in [0.717, 1.165) is 11.3 Å². The van der Waals surface area contributed by atoms with Crippen LogP contribution in [0.3, 0.4) is 0 Å². The fourth-order valence-corrected chi connectivity index (χ4v) is 1.36. The van der Waals surface area contributed by atoms with Crippen molar-refractivity contribution in [2.24, 2.45) is 0 Å². The Morgan fingerprint density at radius 2 is 2.50 bits per heavy atom. The van der Waals surface area contributed by atoms with E-state index >= 15 is 0 Å². The molecule has 0 saturated heterocycles. The molecule has 0 unspecified atom stereocenters. The molecule has 1 heterocycles. The molecule has 1 aromatic heterocycles. The van der Waals surface area contributed by atoms with Gasteiger partial charge in [0.1, 0.15) is 5.01 Å². The first-order chi connectivity index (χ1) is 6.76. The SMILES string of the molecule is CCOC(=O)Nc1nnc(CC#N)s1. The van der Waals surface area contributed by atoms with E-state index in [2.05, 4.69) is 20.3 Å². The predicted octanol–water partition coefficient (Wildman–Crippen LogP) is 1.17. The minimum absolute atomic E-state index is 0.197. The third-order valence-corrected chi connectivity index (χ3v) is 2.02. The number of anilines is 1. The summed E-state index contributed by atoms with van der Waals surface area (Å²) >= 11 is 1.15. The quantitative estimate of drug-likeness (QED) is 0.812. The van der Waals surface area contributed by atoms with E-state index < -0.39 is 6.09 Å². The molecule has 0 aliphatic heterocycles. The lowest BCUT2D eigenvalue weighted by Gasteiger charge is -1.99. The fourth-order valence-electron chi connectivity index (χ4n) is 0.698. The van der Waals surface area contributed by atoms with Gasteiger partial charge in [-0.05, 0) is 6.92 Å². The van der Waals surface area contributed by atoms with Gasteiger partial charge in [0, 0.05) is 0 Å². The van der Waals surface area contributed by atoms with Gasteiger partial charge in [0.05, 0.1) is 19.1 Å². The molecule has 14 heavy (non-hydrogen) atoms. The standard InChI is InChI=1S/C7H8N4O2S/c1-2-13-7(12)9-6-11-10-5(14-6)3-4-8/h2-3H2,1H3,(H,9,11,12). The molecule has 0 bridgehead atoms. The molecule has 0 aliphatic carbocycles. The van der Waals surface area contributed by atoms with E-state index in [1.807, 2.05) is 6.07 Å². The number of carbonyl (C=O) groups is 1. The Morgan fingerprint density at radius 3 is 3.14 bits per heavy atom. The average molecular weight is 212 g/mol. The highest BCUT2D eigenvalue weighted by molar-refractivity contribution is 7.15. The van der Waals surface area contributed by atoms with Crippen molar-refractivity contribution in [3.63, 3.8) is 0 Å². The highest BCUT2D eigenvalue weighted by Gasteiger charge is 2.07. The Balaban J connectivity index is 2.51. The Bertz CT molecular complexity index is 357. The molecule has 1 rings (SSSR count). The molecule has 0 atom stereocenters. The van der Waals surface area contributed by atoms with Crippen LogP contribution in [0.2, 0.25) is 0 Å². The summed E-state index contributed by atoms with van der Waals surface area (Å²) in [5.41, 5.74) is 0. The molecule has 0 aliphatic rings. The number of rotatable bonds is 3. The van der Waals surface area contributed by atoms with Gasteiger partial charge in [-0.15, -0.1) is 10.2 Å². The summed E-state index contributed by atoms with van der Waals surface area (Å²) < 4.78 is 4.64. The maximum atomic E-state index is 10.9. The lowest BCUT2D eigenvalue weighted by molar-refractivity contribution is 0.168. The Morgan fingerprint density at radius 1 is 1.71 bits per heavy atom. The second-order valence-corrected chi connectivity index (χ2v) is 3.24. The number of amides is 1. The zero-order valence-corrected chi connectivity index (χ0v) is 8.30. The largest absolute Gasteiger partial charge is 0.450 e. The minimum atomic E-state index is -0.563. The summed E-state index contributed by atoms with van der Waals surface area (Å²) in [7, 11) is 0. The lowest BCUT2D eigenvalue weighted by atomic mass is 10.5. The number of ether oxygens (including phenoxy) is 1. The van der Waals surface area contributed by atoms with E-state index in [9.17, 15) is 4.79 Å². The summed E-state index contributed by atoms with van der Waals surface area (Å²) in [5, 5.41) is 19.0.